The van der Waals surface area contributed by atoms with Crippen molar-refractivity contribution in [2.45, 2.75) is 58.1 Å². The molecule has 3 heteroatoms. The monoisotopic (exact) mass is 222 g/mol. The Morgan fingerprint density at radius 1 is 1.56 bits per heavy atom. The van der Waals surface area contributed by atoms with Gasteiger partial charge in [-0.05, 0) is 44.9 Å². The van der Waals surface area contributed by atoms with E-state index in [1.54, 1.807) is 0 Å². The van der Waals surface area contributed by atoms with Crippen molar-refractivity contribution in [3.8, 4) is 0 Å². The summed E-state index contributed by atoms with van der Waals surface area (Å²) in [4.78, 5) is 4.55. The fourth-order valence-corrected chi connectivity index (χ4v) is 1.54. The topological polar surface area (TPSA) is 45.4 Å². The minimum atomic E-state index is 0.184. The fraction of sp³-hybridized carbons (Fsp3) is 0.692. The average molecular weight is 222 g/mol. The van der Waals surface area contributed by atoms with Crippen LogP contribution in [0.1, 0.15) is 46.0 Å². The van der Waals surface area contributed by atoms with E-state index in [0.717, 1.165) is 25.2 Å². The molecule has 0 heterocycles. The van der Waals surface area contributed by atoms with Gasteiger partial charge in [0.05, 0.1) is 6.04 Å². The van der Waals surface area contributed by atoms with E-state index < -0.39 is 0 Å². The first kappa shape index (κ1) is 12.9. The maximum atomic E-state index is 7.12. The Morgan fingerprint density at radius 3 is 2.75 bits per heavy atom. The number of rotatable bonds is 6. The first-order valence-electron chi connectivity index (χ1n) is 6.16. The lowest BCUT2D eigenvalue weighted by atomic mass is 9.96. The van der Waals surface area contributed by atoms with Crippen molar-refractivity contribution in [3.63, 3.8) is 0 Å². The van der Waals surface area contributed by atoms with Crippen LogP contribution in [0.3, 0.4) is 0 Å². The van der Waals surface area contributed by atoms with Crippen LogP contribution in [0, 0.1) is 5.41 Å². The molecule has 1 fully saturated rings. The Hall–Kier alpha value is -1.12. The van der Waals surface area contributed by atoms with Gasteiger partial charge in [-0.2, -0.15) is 0 Å². The van der Waals surface area contributed by atoms with Gasteiger partial charge in [-0.25, -0.2) is 4.99 Å². The van der Waals surface area contributed by atoms with Crippen molar-refractivity contribution in [1.29, 1.82) is 5.41 Å². The third-order valence-corrected chi connectivity index (χ3v) is 2.82. The van der Waals surface area contributed by atoms with Crippen molar-refractivity contribution in [2.24, 2.45) is 4.99 Å². The Labute approximate surface area is 98.1 Å². The number of ether oxygens (including phenoxy) is 1. The molecule has 0 aromatic carbocycles. The molecule has 90 valence electrons. The summed E-state index contributed by atoms with van der Waals surface area (Å²) in [5, 5.41) is 7.12. The second-order valence-corrected chi connectivity index (χ2v) is 4.14. The van der Waals surface area contributed by atoms with Gasteiger partial charge in [0, 0.05) is 6.42 Å². The fourth-order valence-electron chi connectivity index (χ4n) is 1.54. The summed E-state index contributed by atoms with van der Waals surface area (Å²) in [7, 11) is 0. The number of hydrogen-bond donors (Lipinski definition) is 1. The molecule has 0 saturated heterocycles. The molecule has 1 atom stereocenters. The number of nitrogens with zero attached hydrogens (tertiary/aromatic N) is 1. The van der Waals surface area contributed by atoms with Crippen LogP contribution in [-0.2, 0) is 4.74 Å². The van der Waals surface area contributed by atoms with E-state index in [1.807, 2.05) is 19.1 Å². The van der Waals surface area contributed by atoms with Crippen LogP contribution in [-0.4, -0.2) is 24.3 Å². The quantitative estimate of drug-likeness (QED) is 0.543. The van der Waals surface area contributed by atoms with Crippen molar-refractivity contribution in [1.82, 2.24) is 0 Å². The van der Waals surface area contributed by atoms with Gasteiger partial charge in [-0.15, -0.1) is 0 Å². The SMILES string of the molecule is C/C=C\C(=NC(CC)CC=N)OC1CCC1. The second kappa shape index (κ2) is 7.20. The molecule has 0 aromatic heterocycles. The lowest BCUT2D eigenvalue weighted by Gasteiger charge is -2.26. The predicted molar refractivity (Wildman–Crippen MR) is 68.5 cm³/mol. The third-order valence-electron chi connectivity index (χ3n) is 2.82. The Kier molecular flexibility index (Phi) is 5.83. The van der Waals surface area contributed by atoms with Crippen molar-refractivity contribution >= 4 is 12.1 Å². The summed E-state index contributed by atoms with van der Waals surface area (Å²) >= 11 is 0. The largest absolute Gasteiger partial charge is 0.475 e. The minimum Gasteiger partial charge on any atom is -0.475 e. The first-order chi connectivity index (χ1) is 7.80. The van der Waals surface area contributed by atoms with Gasteiger partial charge in [0.25, 0.3) is 0 Å². The van der Waals surface area contributed by atoms with E-state index in [2.05, 4.69) is 11.9 Å². The molecule has 1 rings (SSSR count). The standard InChI is InChI=1S/C13H22N2O/c1-3-6-13(16-12-7-5-8-12)15-11(4-2)9-10-14/h3,6,10-12,14H,4-5,7-9H2,1-2H3/b6-3-,14-10?,15-13?. The van der Waals surface area contributed by atoms with Crippen LogP contribution in [0.25, 0.3) is 0 Å². The normalized spacial score (nSPS) is 19.5. The number of nitrogens with one attached hydrogen (secondary N) is 1. The highest BCUT2D eigenvalue weighted by molar-refractivity contribution is 5.88. The summed E-state index contributed by atoms with van der Waals surface area (Å²) in [5.74, 6) is 0.737. The van der Waals surface area contributed by atoms with Crippen molar-refractivity contribution in [2.75, 3.05) is 0 Å². The Balaban J connectivity index is 2.57. The van der Waals surface area contributed by atoms with Crippen LogP contribution < -0.4 is 0 Å². The van der Waals surface area contributed by atoms with Gasteiger partial charge in [0.1, 0.15) is 6.10 Å². The van der Waals surface area contributed by atoms with E-state index in [0.29, 0.717) is 12.5 Å². The molecule has 1 saturated carbocycles. The van der Waals surface area contributed by atoms with Crippen LogP contribution in [0.5, 0.6) is 0 Å². The van der Waals surface area contributed by atoms with Gasteiger partial charge < -0.3 is 10.1 Å². The first-order valence-corrected chi connectivity index (χ1v) is 6.16. The minimum absolute atomic E-state index is 0.184. The van der Waals surface area contributed by atoms with Crippen LogP contribution in [0.15, 0.2) is 17.1 Å². The number of hydrogen-bond acceptors (Lipinski definition) is 3. The zero-order valence-electron chi connectivity index (χ0n) is 10.3. The van der Waals surface area contributed by atoms with Crippen molar-refractivity contribution in [3.05, 3.63) is 12.2 Å². The molecule has 1 aliphatic carbocycles. The van der Waals surface area contributed by atoms with Gasteiger partial charge in [0.15, 0.2) is 0 Å². The zero-order valence-corrected chi connectivity index (χ0v) is 10.3. The lowest BCUT2D eigenvalue weighted by Crippen LogP contribution is -2.25. The van der Waals surface area contributed by atoms with E-state index in [1.165, 1.54) is 12.6 Å². The highest BCUT2D eigenvalue weighted by Crippen LogP contribution is 2.22. The van der Waals surface area contributed by atoms with E-state index in [-0.39, 0.29) is 6.04 Å². The summed E-state index contributed by atoms with van der Waals surface area (Å²) < 4.78 is 5.79. The lowest BCUT2D eigenvalue weighted by molar-refractivity contribution is 0.108. The summed E-state index contributed by atoms with van der Waals surface area (Å²) in [6, 6.07) is 0.184. The average Bonchev–Trinajstić information content (AvgIpc) is 2.22. The smallest absolute Gasteiger partial charge is 0.208 e. The molecule has 0 spiro atoms. The molecule has 16 heavy (non-hydrogen) atoms. The molecule has 0 aliphatic heterocycles. The van der Waals surface area contributed by atoms with Crippen LogP contribution >= 0.6 is 0 Å². The second-order valence-electron chi connectivity index (χ2n) is 4.14. The van der Waals surface area contributed by atoms with Gasteiger partial charge in [-0.3, -0.25) is 0 Å². The predicted octanol–water partition coefficient (Wildman–Crippen LogP) is 3.35. The van der Waals surface area contributed by atoms with Gasteiger partial charge >= 0.3 is 0 Å². The molecule has 0 radical (unpaired) electrons. The Morgan fingerprint density at radius 2 is 2.31 bits per heavy atom. The molecule has 0 bridgehead atoms. The molecule has 1 aliphatic rings. The number of aliphatic imine (C=N–C) groups is 1. The third kappa shape index (κ3) is 4.17. The molecule has 1 N–H and O–H groups in total. The summed E-state index contributed by atoms with van der Waals surface area (Å²) in [6.07, 6.45) is 10.9. The highest BCUT2D eigenvalue weighted by atomic mass is 16.5. The molecule has 3 nitrogen and oxygen atoms in total. The highest BCUT2D eigenvalue weighted by Gasteiger charge is 2.20. The number of allylic oxidation sites excluding steroid dienone is 1. The molecular formula is C13H22N2O. The van der Waals surface area contributed by atoms with E-state index in [4.69, 9.17) is 10.1 Å². The zero-order chi connectivity index (χ0) is 11.8. The van der Waals surface area contributed by atoms with Crippen LogP contribution in [0.4, 0.5) is 0 Å². The molecule has 1 unspecified atom stereocenters. The van der Waals surface area contributed by atoms with E-state index in [9.17, 15) is 0 Å². The molecular weight excluding hydrogens is 200 g/mol. The maximum Gasteiger partial charge on any atom is 0.208 e. The molecule has 0 amide bonds. The van der Waals surface area contributed by atoms with Crippen molar-refractivity contribution < 1.29 is 4.74 Å². The van der Waals surface area contributed by atoms with Crippen LogP contribution in [0.2, 0.25) is 0 Å². The maximum absolute atomic E-state index is 7.12. The Bertz CT molecular complexity index is 267. The summed E-state index contributed by atoms with van der Waals surface area (Å²) in [6.45, 7) is 4.06. The summed E-state index contributed by atoms with van der Waals surface area (Å²) in [5.41, 5.74) is 0. The van der Waals surface area contributed by atoms with E-state index >= 15 is 0 Å². The van der Waals surface area contributed by atoms with Gasteiger partial charge in [0.2, 0.25) is 5.90 Å². The molecule has 0 aromatic rings. The van der Waals surface area contributed by atoms with Gasteiger partial charge in [-0.1, -0.05) is 13.0 Å².